The van der Waals surface area contributed by atoms with E-state index in [0.717, 1.165) is 5.56 Å². The van der Waals surface area contributed by atoms with E-state index >= 15 is 0 Å². The third-order valence-corrected chi connectivity index (χ3v) is 13.8. The van der Waals surface area contributed by atoms with E-state index in [0.29, 0.717) is 5.56 Å². The van der Waals surface area contributed by atoms with Crippen LogP contribution in [0.3, 0.4) is 0 Å². The van der Waals surface area contributed by atoms with E-state index in [1.165, 1.54) is 0 Å². The molecule has 0 amide bonds. The number of hydrogen-bond acceptors (Lipinski definition) is 1. The van der Waals surface area contributed by atoms with Crippen molar-refractivity contribution in [3.8, 4) is 0 Å². The van der Waals surface area contributed by atoms with Crippen molar-refractivity contribution in [1.82, 2.24) is 0 Å². The van der Waals surface area contributed by atoms with E-state index in [-0.39, 0.29) is 12.2 Å². The van der Waals surface area contributed by atoms with Gasteiger partial charge in [-0.2, -0.15) is 0 Å². The third-order valence-electron chi connectivity index (χ3n) is 3.65. The molecule has 0 fully saturated rings. The van der Waals surface area contributed by atoms with Gasteiger partial charge in [-0.15, -0.1) is 0 Å². The van der Waals surface area contributed by atoms with Crippen molar-refractivity contribution in [1.29, 1.82) is 0 Å². The zero-order chi connectivity index (χ0) is 15.5. The van der Waals surface area contributed by atoms with Crippen LogP contribution in [0, 0.1) is 0 Å². The summed E-state index contributed by atoms with van der Waals surface area (Å²) in [7, 11) is 15.4. The molecule has 0 N–H and O–H groups in total. The van der Waals surface area contributed by atoms with Crippen molar-refractivity contribution in [2.24, 2.45) is 0 Å². The summed E-state index contributed by atoms with van der Waals surface area (Å²) < 4.78 is -0.709. The van der Waals surface area contributed by atoms with Gasteiger partial charge in [0.2, 0.25) is 0 Å². The van der Waals surface area contributed by atoms with Crippen molar-refractivity contribution >= 4 is 46.3 Å². The van der Waals surface area contributed by atoms with Crippen LogP contribution in [0.15, 0.2) is 60.7 Å². The van der Waals surface area contributed by atoms with Crippen LogP contribution in [-0.2, 0) is 4.25 Å². The van der Waals surface area contributed by atoms with E-state index in [1.54, 1.807) is 12.1 Å². The van der Waals surface area contributed by atoms with Gasteiger partial charge in [-0.3, -0.25) is 0 Å². The number of carbonyl (C=O) groups is 1. The summed E-state index contributed by atoms with van der Waals surface area (Å²) in [5.41, 5.74) is 1.56. The summed E-state index contributed by atoms with van der Waals surface area (Å²) in [4.78, 5) is 12.5. The number of hydrogen-bond donors (Lipinski definition) is 0. The Labute approximate surface area is 140 Å². The summed E-state index contributed by atoms with van der Waals surface area (Å²) in [5.74, 6) is -0.00102. The first-order valence-corrected chi connectivity index (χ1v) is 15.9. The van der Waals surface area contributed by atoms with Crippen LogP contribution >= 0.6 is 30.0 Å². The number of Topliss-reactive ketones (excluding diaryl/α,β-unsaturated/α-hetero) is 1. The SMILES string of the molecule is C[C](CC(=O)c1ccccc1)(c1ccccc1)[Ge]([Cl])([Cl])[Cl]. The molecule has 5 heteroatoms. The second kappa shape index (κ2) is 6.74. The Kier molecular flexibility index (Phi) is 5.42. The van der Waals surface area contributed by atoms with Gasteiger partial charge >= 0.3 is 140 Å². The summed E-state index contributed by atoms with van der Waals surface area (Å²) in [6.07, 6.45) is 0.206. The van der Waals surface area contributed by atoms with E-state index in [1.807, 2.05) is 55.5 Å². The van der Waals surface area contributed by atoms with Crippen molar-refractivity contribution in [2.45, 2.75) is 17.6 Å². The molecule has 0 aliphatic rings. The molecule has 0 aliphatic heterocycles. The van der Waals surface area contributed by atoms with Gasteiger partial charge in [0, 0.05) is 0 Å². The van der Waals surface area contributed by atoms with Gasteiger partial charge in [-0.1, -0.05) is 0 Å². The molecule has 0 radical (unpaired) electrons. The Hall–Kier alpha value is -0.477. The van der Waals surface area contributed by atoms with Crippen molar-refractivity contribution in [2.75, 3.05) is 0 Å². The fourth-order valence-corrected chi connectivity index (χ4v) is 6.76. The molecule has 110 valence electrons. The number of ketones is 1. The maximum atomic E-state index is 12.5. The Morgan fingerprint density at radius 3 is 1.90 bits per heavy atom. The third kappa shape index (κ3) is 3.84. The molecule has 0 aromatic heterocycles. The molecule has 0 spiro atoms. The van der Waals surface area contributed by atoms with Crippen LogP contribution in [0.4, 0.5) is 0 Å². The van der Waals surface area contributed by atoms with E-state index in [2.05, 4.69) is 0 Å². The topological polar surface area (TPSA) is 17.1 Å². The Morgan fingerprint density at radius 2 is 1.43 bits per heavy atom. The van der Waals surface area contributed by atoms with Crippen LogP contribution in [0.2, 0.25) is 0 Å². The van der Waals surface area contributed by atoms with Gasteiger partial charge in [0.1, 0.15) is 0 Å². The predicted octanol–water partition coefficient (Wildman–Crippen LogP) is 5.41. The molecule has 21 heavy (non-hydrogen) atoms. The van der Waals surface area contributed by atoms with Gasteiger partial charge < -0.3 is 0 Å². The molecule has 1 nitrogen and oxygen atoms in total. The second-order valence-corrected chi connectivity index (χ2v) is 21.4. The molecule has 0 heterocycles. The van der Waals surface area contributed by atoms with Crippen molar-refractivity contribution in [3.05, 3.63) is 71.8 Å². The molecule has 1 unspecified atom stereocenters. The minimum absolute atomic E-state index is 0.00102. The Balaban J connectivity index is 2.37. The first-order valence-electron chi connectivity index (χ1n) is 6.55. The normalized spacial score (nSPS) is 14.5. The molecular weight excluding hydrogens is 387 g/mol. The second-order valence-electron chi connectivity index (χ2n) is 5.16. The Bertz CT molecular complexity index is 610. The fraction of sp³-hybridized carbons (Fsp3) is 0.188. The molecule has 0 saturated carbocycles. The van der Waals surface area contributed by atoms with Crippen LogP contribution in [0.1, 0.15) is 29.3 Å². The number of carbonyl (C=O) groups excluding carboxylic acids is 1. The van der Waals surface area contributed by atoms with E-state index in [4.69, 9.17) is 30.0 Å². The molecule has 0 saturated heterocycles. The average Bonchev–Trinajstić information content (AvgIpc) is 2.47. The standard InChI is InChI=1S/C16H15Cl3GeO/c1-16(20(17,18)19,14-10-6-3-7-11-14)12-15(21)13-8-4-2-5-9-13/h2-11H,12H2,1H3. The minimum atomic E-state index is -3.70. The monoisotopic (exact) mass is 402 g/mol. The Morgan fingerprint density at radius 1 is 0.952 bits per heavy atom. The van der Waals surface area contributed by atoms with Gasteiger partial charge in [0.05, 0.1) is 0 Å². The first kappa shape index (κ1) is 16.9. The van der Waals surface area contributed by atoms with Gasteiger partial charge in [-0.05, 0) is 0 Å². The zero-order valence-electron chi connectivity index (χ0n) is 11.5. The molecule has 1 atom stereocenters. The van der Waals surface area contributed by atoms with Crippen LogP contribution in [0.5, 0.6) is 0 Å². The van der Waals surface area contributed by atoms with Crippen LogP contribution in [-0.4, -0.2) is 16.3 Å². The van der Waals surface area contributed by atoms with Crippen molar-refractivity contribution in [3.63, 3.8) is 0 Å². The molecule has 2 rings (SSSR count). The number of rotatable bonds is 5. The fourth-order valence-electron chi connectivity index (χ4n) is 2.22. The van der Waals surface area contributed by atoms with Gasteiger partial charge in [0.25, 0.3) is 0 Å². The molecule has 2 aromatic carbocycles. The average molecular weight is 402 g/mol. The summed E-state index contributed by atoms with van der Waals surface area (Å²) in [5, 5.41) is 0. The summed E-state index contributed by atoms with van der Waals surface area (Å²) in [6, 6.07) is 18.7. The molecule has 0 aliphatic carbocycles. The molecular formula is C16H15Cl3GeO. The number of benzene rings is 2. The summed E-state index contributed by atoms with van der Waals surface area (Å²) >= 11 is 0. The van der Waals surface area contributed by atoms with Crippen LogP contribution < -0.4 is 0 Å². The zero-order valence-corrected chi connectivity index (χ0v) is 15.9. The van der Waals surface area contributed by atoms with E-state index < -0.39 is 14.7 Å². The quantitative estimate of drug-likeness (QED) is 0.483. The van der Waals surface area contributed by atoms with E-state index in [9.17, 15) is 4.79 Å². The van der Waals surface area contributed by atoms with Crippen LogP contribution in [0.25, 0.3) is 0 Å². The summed E-state index contributed by atoms with van der Waals surface area (Å²) in [6.45, 7) is 1.89. The maximum absolute atomic E-state index is 12.5. The van der Waals surface area contributed by atoms with Gasteiger partial charge in [-0.25, -0.2) is 0 Å². The van der Waals surface area contributed by atoms with Gasteiger partial charge in [0.15, 0.2) is 0 Å². The van der Waals surface area contributed by atoms with Crippen molar-refractivity contribution < 1.29 is 4.79 Å². The number of halogens is 3. The molecule has 0 bridgehead atoms. The predicted molar refractivity (Wildman–Crippen MR) is 92.5 cm³/mol. The first-order chi connectivity index (χ1) is 9.84. The molecule has 2 aromatic rings.